The molecule has 0 aliphatic carbocycles. The third-order valence-corrected chi connectivity index (χ3v) is 5.96. The summed E-state index contributed by atoms with van der Waals surface area (Å²) in [5.41, 5.74) is 2.65. The van der Waals surface area contributed by atoms with Gasteiger partial charge in [0.2, 0.25) is 0 Å². The molecule has 206 valence electrons. The Morgan fingerprint density at radius 2 is 1.15 bits per heavy atom. The molecule has 0 radical (unpaired) electrons. The molecule has 0 spiro atoms. The van der Waals surface area contributed by atoms with Crippen LogP contribution in [0.25, 0.3) is 11.1 Å². The Kier molecular flexibility index (Phi) is 11.7. The van der Waals surface area contributed by atoms with Crippen molar-refractivity contribution in [3.8, 4) is 22.6 Å². The van der Waals surface area contributed by atoms with E-state index in [0.29, 0.717) is 35.8 Å². The van der Waals surface area contributed by atoms with Crippen LogP contribution in [0.2, 0.25) is 0 Å². The SMILES string of the molecule is CCCCCCO[C@@H](C)C(=O)Oc1ccc(C(=O)Oc2ccc(-c3ccc(C(=O)OCCC)cc3)cc2)cc1. The van der Waals surface area contributed by atoms with Crippen LogP contribution < -0.4 is 9.47 Å². The highest BCUT2D eigenvalue weighted by molar-refractivity contribution is 5.91. The van der Waals surface area contributed by atoms with Crippen molar-refractivity contribution in [2.45, 2.75) is 59.0 Å². The Morgan fingerprint density at radius 3 is 1.77 bits per heavy atom. The number of hydrogen-bond acceptors (Lipinski definition) is 7. The number of ether oxygens (including phenoxy) is 4. The van der Waals surface area contributed by atoms with E-state index in [1.54, 1.807) is 55.5 Å². The van der Waals surface area contributed by atoms with Crippen molar-refractivity contribution in [3.05, 3.63) is 83.9 Å². The molecule has 0 N–H and O–H groups in total. The molecule has 0 bridgehead atoms. The Balaban J connectivity index is 1.50. The standard InChI is InChI=1S/C32H36O7/c1-4-6-7-8-22-36-23(3)30(33)38-28-19-15-27(16-20-28)32(35)39-29-17-13-25(14-18-29)24-9-11-26(12-10-24)31(34)37-21-5-2/h9-20,23H,4-8,21-22H2,1-3H3/t23-/m0/s1. The molecule has 0 unspecified atom stereocenters. The van der Waals surface area contributed by atoms with Crippen molar-refractivity contribution in [2.75, 3.05) is 13.2 Å². The molecule has 0 amide bonds. The summed E-state index contributed by atoms with van der Waals surface area (Å²) in [6.45, 7) is 6.66. The van der Waals surface area contributed by atoms with Crippen molar-refractivity contribution in [3.63, 3.8) is 0 Å². The topological polar surface area (TPSA) is 88.1 Å². The molecule has 3 rings (SSSR count). The van der Waals surface area contributed by atoms with E-state index in [1.165, 1.54) is 0 Å². The van der Waals surface area contributed by atoms with E-state index in [9.17, 15) is 14.4 Å². The number of esters is 3. The lowest BCUT2D eigenvalue weighted by atomic mass is 10.0. The van der Waals surface area contributed by atoms with Gasteiger partial charge in [-0.3, -0.25) is 0 Å². The van der Waals surface area contributed by atoms with Gasteiger partial charge < -0.3 is 18.9 Å². The third-order valence-electron chi connectivity index (χ3n) is 5.96. The molecule has 3 aromatic rings. The second-order valence-electron chi connectivity index (χ2n) is 9.15. The summed E-state index contributed by atoms with van der Waals surface area (Å²) < 4.78 is 21.5. The molecule has 0 heterocycles. The van der Waals surface area contributed by atoms with Crippen molar-refractivity contribution >= 4 is 17.9 Å². The molecule has 0 aliphatic rings. The van der Waals surface area contributed by atoms with Gasteiger partial charge in [-0.05, 0) is 79.4 Å². The molecule has 1 atom stereocenters. The second kappa shape index (κ2) is 15.4. The molecule has 7 heteroatoms. The largest absolute Gasteiger partial charge is 0.462 e. The fraction of sp³-hybridized carbons (Fsp3) is 0.344. The number of unbranched alkanes of at least 4 members (excludes halogenated alkanes) is 3. The van der Waals surface area contributed by atoms with Gasteiger partial charge in [-0.15, -0.1) is 0 Å². The highest BCUT2D eigenvalue weighted by Gasteiger charge is 2.17. The minimum atomic E-state index is -0.667. The first-order chi connectivity index (χ1) is 18.9. The average molecular weight is 533 g/mol. The van der Waals surface area contributed by atoms with Gasteiger partial charge in [-0.2, -0.15) is 0 Å². The van der Waals surface area contributed by atoms with Crippen LogP contribution in [0.15, 0.2) is 72.8 Å². The zero-order valence-corrected chi connectivity index (χ0v) is 22.8. The lowest BCUT2D eigenvalue weighted by molar-refractivity contribution is -0.146. The first-order valence-corrected chi connectivity index (χ1v) is 13.4. The van der Waals surface area contributed by atoms with Gasteiger partial charge in [0.05, 0.1) is 17.7 Å². The maximum absolute atomic E-state index is 12.6. The van der Waals surface area contributed by atoms with Crippen LogP contribution in [0.4, 0.5) is 0 Å². The quantitative estimate of drug-likeness (QED) is 0.125. The van der Waals surface area contributed by atoms with Gasteiger partial charge in [0.15, 0.2) is 6.10 Å². The zero-order valence-electron chi connectivity index (χ0n) is 22.8. The van der Waals surface area contributed by atoms with Gasteiger partial charge in [0.1, 0.15) is 11.5 Å². The van der Waals surface area contributed by atoms with Crippen LogP contribution in [0.5, 0.6) is 11.5 Å². The van der Waals surface area contributed by atoms with E-state index >= 15 is 0 Å². The summed E-state index contributed by atoms with van der Waals surface area (Å²) in [7, 11) is 0. The number of carbonyl (C=O) groups is 3. The summed E-state index contributed by atoms with van der Waals surface area (Å²) in [5, 5.41) is 0. The van der Waals surface area contributed by atoms with Gasteiger partial charge in [-0.25, -0.2) is 14.4 Å². The maximum atomic E-state index is 12.6. The van der Waals surface area contributed by atoms with E-state index < -0.39 is 18.0 Å². The molecule has 3 aromatic carbocycles. The maximum Gasteiger partial charge on any atom is 0.343 e. The molecule has 7 nitrogen and oxygen atoms in total. The predicted octanol–water partition coefficient (Wildman–Crippen LogP) is 7.03. The third kappa shape index (κ3) is 9.37. The Bertz CT molecular complexity index is 1200. The molecular weight excluding hydrogens is 496 g/mol. The smallest absolute Gasteiger partial charge is 0.343 e. The van der Waals surface area contributed by atoms with Crippen LogP contribution in [0.3, 0.4) is 0 Å². The molecule has 0 aliphatic heterocycles. The molecule has 39 heavy (non-hydrogen) atoms. The first kappa shape index (κ1) is 29.6. The average Bonchev–Trinajstić information content (AvgIpc) is 2.96. The van der Waals surface area contributed by atoms with Crippen LogP contribution in [-0.4, -0.2) is 37.2 Å². The predicted molar refractivity (Wildman–Crippen MR) is 149 cm³/mol. The Morgan fingerprint density at radius 1 is 0.615 bits per heavy atom. The summed E-state index contributed by atoms with van der Waals surface area (Å²) >= 11 is 0. The molecule has 0 saturated heterocycles. The Labute approximate surface area is 230 Å². The number of rotatable bonds is 14. The van der Waals surface area contributed by atoms with Crippen molar-refractivity contribution < 1.29 is 33.3 Å². The summed E-state index contributed by atoms with van der Waals surface area (Å²) in [6, 6.07) is 20.4. The van der Waals surface area contributed by atoms with Gasteiger partial charge in [0, 0.05) is 6.61 Å². The highest BCUT2D eigenvalue weighted by atomic mass is 16.6. The summed E-state index contributed by atoms with van der Waals surface area (Å²) in [6.07, 6.45) is 4.39. The van der Waals surface area contributed by atoms with E-state index in [1.807, 2.05) is 31.2 Å². The lowest BCUT2D eigenvalue weighted by Crippen LogP contribution is -2.26. The van der Waals surface area contributed by atoms with Crippen molar-refractivity contribution in [2.24, 2.45) is 0 Å². The normalized spacial score (nSPS) is 11.5. The first-order valence-electron chi connectivity index (χ1n) is 13.4. The molecule has 0 aromatic heterocycles. The van der Waals surface area contributed by atoms with Crippen LogP contribution in [-0.2, 0) is 14.3 Å². The summed E-state index contributed by atoms with van der Waals surface area (Å²) in [4.78, 5) is 36.8. The second-order valence-corrected chi connectivity index (χ2v) is 9.15. The van der Waals surface area contributed by atoms with E-state index in [4.69, 9.17) is 18.9 Å². The van der Waals surface area contributed by atoms with Crippen molar-refractivity contribution in [1.29, 1.82) is 0 Å². The molecule has 0 saturated carbocycles. The van der Waals surface area contributed by atoms with E-state index in [0.717, 1.165) is 43.2 Å². The fourth-order valence-electron chi connectivity index (χ4n) is 3.67. The zero-order chi connectivity index (χ0) is 28.0. The minimum absolute atomic E-state index is 0.324. The van der Waals surface area contributed by atoms with Crippen molar-refractivity contribution in [1.82, 2.24) is 0 Å². The minimum Gasteiger partial charge on any atom is -0.462 e. The van der Waals surface area contributed by atoms with Crippen LogP contribution in [0.1, 0.15) is 73.6 Å². The lowest BCUT2D eigenvalue weighted by Gasteiger charge is -2.12. The summed E-state index contributed by atoms with van der Waals surface area (Å²) in [5.74, 6) is -0.629. The van der Waals surface area contributed by atoms with E-state index in [2.05, 4.69) is 6.92 Å². The number of carbonyl (C=O) groups excluding carboxylic acids is 3. The van der Waals surface area contributed by atoms with Gasteiger partial charge in [-0.1, -0.05) is 57.4 Å². The molecular formula is C32H36O7. The fourth-order valence-corrected chi connectivity index (χ4v) is 3.67. The highest BCUT2D eigenvalue weighted by Crippen LogP contribution is 2.24. The van der Waals surface area contributed by atoms with E-state index in [-0.39, 0.29) is 5.97 Å². The number of hydrogen-bond donors (Lipinski definition) is 0. The van der Waals surface area contributed by atoms with Crippen LogP contribution in [0, 0.1) is 0 Å². The van der Waals surface area contributed by atoms with Gasteiger partial charge >= 0.3 is 17.9 Å². The Hall–Kier alpha value is -3.97. The number of benzene rings is 3. The monoisotopic (exact) mass is 532 g/mol. The van der Waals surface area contributed by atoms with Gasteiger partial charge in [0.25, 0.3) is 0 Å². The van der Waals surface area contributed by atoms with Crippen LogP contribution >= 0.6 is 0 Å². The molecule has 0 fully saturated rings.